The lowest BCUT2D eigenvalue weighted by Gasteiger charge is -2.30. The van der Waals surface area contributed by atoms with Crippen molar-refractivity contribution in [3.05, 3.63) is 0 Å². The van der Waals surface area contributed by atoms with Gasteiger partial charge >= 0.3 is 5.97 Å². The lowest BCUT2D eigenvalue weighted by Crippen LogP contribution is -2.36. The number of alkyl halides is 1. The molecule has 0 bridgehead atoms. The van der Waals surface area contributed by atoms with Gasteiger partial charge in [-0.25, -0.2) is 0 Å². The van der Waals surface area contributed by atoms with Crippen molar-refractivity contribution in [2.75, 3.05) is 5.88 Å². The van der Waals surface area contributed by atoms with Crippen LogP contribution >= 0.6 is 11.6 Å². The largest absolute Gasteiger partial charge is 0.461 e. The second-order valence-corrected chi connectivity index (χ2v) is 3.55. The van der Waals surface area contributed by atoms with Gasteiger partial charge in [-0.1, -0.05) is 13.8 Å². The monoisotopic (exact) mass is 176 g/mol. The van der Waals surface area contributed by atoms with Crippen LogP contribution in [-0.2, 0) is 9.53 Å². The molecule has 0 N–H and O–H groups in total. The van der Waals surface area contributed by atoms with Gasteiger partial charge in [-0.15, -0.1) is 11.6 Å². The van der Waals surface area contributed by atoms with Crippen LogP contribution in [0, 0.1) is 11.8 Å². The summed E-state index contributed by atoms with van der Waals surface area (Å²) in [5.74, 6) is 0.762. The maximum Gasteiger partial charge on any atom is 0.308 e. The van der Waals surface area contributed by atoms with E-state index in [1.54, 1.807) is 0 Å². The first-order chi connectivity index (χ1) is 5.15. The Balaban J connectivity index is 2.54. The third kappa shape index (κ3) is 1.86. The standard InChI is InChI=1S/C8H13ClO2/c1-5-3-6(2)8(10)11-7(5)4-9/h5-7H,3-4H2,1-2H3/t5-,6-,7-/m1/s1. The van der Waals surface area contributed by atoms with E-state index in [-0.39, 0.29) is 18.0 Å². The van der Waals surface area contributed by atoms with E-state index in [1.165, 1.54) is 0 Å². The summed E-state index contributed by atoms with van der Waals surface area (Å²) in [7, 11) is 0. The molecule has 3 atom stereocenters. The fourth-order valence-electron chi connectivity index (χ4n) is 1.37. The van der Waals surface area contributed by atoms with Crippen molar-refractivity contribution in [1.82, 2.24) is 0 Å². The van der Waals surface area contributed by atoms with Crippen LogP contribution in [0.3, 0.4) is 0 Å². The quantitative estimate of drug-likeness (QED) is 0.450. The third-order valence-electron chi connectivity index (χ3n) is 2.18. The number of carbonyl (C=O) groups excluding carboxylic acids is 1. The molecule has 0 unspecified atom stereocenters. The van der Waals surface area contributed by atoms with Crippen LogP contribution in [0.4, 0.5) is 0 Å². The summed E-state index contributed by atoms with van der Waals surface area (Å²) in [5, 5.41) is 0. The molecule has 0 aromatic carbocycles. The minimum Gasteiger partial charge on any atom is -0.461 e. The van der Waals surface area contributed by atoms with Crippen LogP contribution < -0.4 is 0 Å². The minimum absolute atomic E-state index is 0.0458. The number of esters is 1. The Morgan fingerprint density at radius 2 is 2.27 bits per heavy atom. The summed E-state index contributed by atoms with van der Waals surface area (Å²) < 4.78 is 5.09. The average molecular weight is 177 g/mol. The predicted octanol–water partition coefficient (Wildman–Crippen LogP) is 1.81. The molecule has 1 saturated heterocycles. The molecule has 0 spiro atoms. The first-order valence-corrected chi connectivity index (χ1v) is 4.45. The molecule has 1 rings (SSSR count). The molecule has 0 aliphatic carbocycles. The van der Waals surface area contributed by atoms with Crippen LogP contribution in [-0.4, -0.2) is 18.0 Å². The second-order valence-electron chi connectivity index (χ2n) is 3.24. The SMILES string of the molecule is C[C@@H]1C[C@@H](C)[C@@H](CCl)OC1=O. The summed E-state index contributed by atoms with van der Waals surface area (Å²) in [6.07, 6.45) is 0.830. The summed E-state index contributed by atoms with van der Waals surface area (Å²) in [6.45, 7) is 3.96. The Morgan fingerprint density at radius 1 is 1.64 bits per heavy atom. The lowest BCUT2D eigenvalue weighted by molar-refractivity contribution is -0.162. The van der Waals surface area contributed by atoms with Gasteiger partial charge in [0.1, 0.15) is 6.10 Å². The van der Waals surface area contributed by atoms with Gasteiger partial charge < -0.3 is 4.74 Å². The van der Waals surface area contributed by atoms with Crippen LogP contribution in [0.5, 0.6) is 0 Å². The van der Waals surface area contributed by atoms with Crippen molar-refractivity contribution < 1.29 is 9.53 Å². The van der Waals surface area contributed by atoms with E-state index in [9.17, 15) is 4.79 Å². The highest BCUT2D eigenvalue weighted by Crippen LogP contribution is 2.25. The number of carbonyl (C=O) groups is 1. The van der Waals surface area contributed by atoms with E-state index in [2.05, 4.69) is 6.92 Å². The molecule has 0 radical (unpaired) electrons. The van der Waals surface area contributed by atoms with E-state index >= 15 is 0 Å². The highest BCUT2D eigenvalue weighted by atomic mass is 35.5. The number of ether oxygens (including phenoxy) is 1. The van der Waals surface area contributed by atoms with Crippen LogP contribution in [0.15, 0.2) is 0 Å². The normalized spacial score (nSPS) is 38.5. The number of halogens is 1. The highest BCUT2D eigenvalue weighted by Gasteiger charge is 2.31. The zero-order valence-corrected chi connectivity index (χ0v) is 7.60. The molecule has 11 heavy (non-hydrogen) atoms. The molecule has 0 saturated carbocycles. The second kappa shape index (κ2) is 3.44. The Morgan fingerprint density at radius 3 is 2.82 bits per heavy atom. The molecular formula is C8H13ClO2. The van der Waals surface area contributed by atoms with Crippen molar-refractivity contribution in [1.29, 1.82) is 0 Å². The van der Waals surface area contributed by atoms with E-state index in [0.29, 0.717) is 11.8 Å². The van der Waals surface area contributed by atoms with Gasteiger partial charge in [-0.3, -0.25) is 4.79 Å². The van der Waals surface area contributed by atoms with Gasteiger partial charge in [0.2, 0.25) is 0 Å². The fraction of sp³-hybridized carbons (Fsp3) is 0.875. The number of rotatable bonds is 1. The van der Waals surface area contributed by atoms with E-state index in [1.807, 2.05) is 6.92 Å². The van der Waals surface area contributed by atoms with Gasteiger partial charge in [0.15, 0.2) is 0 Å². The first kappa shape index (κ1) is 8.85. The molecule has 64 valence electrons. The topological polar surface area (TPSA) is 26.3 Å². The molecule has 0 aromatic heterocycles. The lowest BCUT2D eigenvalue weighted by atomic mass is 9.91. The molecule has 1 aliphatic rings. The van der Waals surface area contributed by atoms with E-state index < -0.39 is 0 Å². The highest BCUT2D eigenvalue weighted by molar-refractivity contribution is 6.18. The Hall–Kier alpha value is -0.240. The predicted molar refractivity (Wildman–Crippen MR) is 43.5 cm³/mol. The number of hydrogen-bond donors (Lipinski definition) is 0. The molecule has 0 aromatic rings. The maximum atomic E-state index is 11.0. The van der Waals surface area contributed by atoms with Crippen molar-refractivity contribution >= 4 is 17.6 Å². The Labute approximate surface area is 71.9 Å². The number of hydrogen-bond acceptors (Lipinski definition) is 2. The zero-order valence-electron chi connectivity index (χ0n) is 6.84. The Kier molecular flexibility index (Phi) is 2.77. The Bertz CT molecular complexity index is 158. The van der Waals surface area contributed by atoms with Crippen LogP contribution in [0.2, 0.25) is 0 Å². The molecule has 1 heterocycles. The van der Waals surface area contributed by atoms with Gasteiger partial charge in [0.05, 0.1) is 11.8 Å². The van der Waals surface area contributed by atoms with Crippen molar-refractivity contribution in [2.45, 2.75) is 26.4 Å². The smallest absolute Gasteiger partial charge is 0.308 e. The zero-order chi connectivity index (χ0) is 8.43. The van der Waals surface area contributed by atoms with Gasteiger partial charge in [0, 0.05) is 0 Å². The summed E-state index contributed by atoms with van der Waals surface area (Å²) in [4.78, 5) is 11.0. The van der Waals surface area contributed by atoms with Gasteiger partial charge in [0.25, 0.3) is 0 Å². The molecule has 1 fully saturated rings. The summed E-state index contributed by atoms with van der Waals surface area (Å²) in [5.41, 5.74) is 0. The summed E-state index contributed by atoms with van der Waals surface area (Å²) in [6, 6.07) is 0. The van der Waals surface area contributed by atoms with Gasteiger partial charge in [-0.05, 0) is 12.3 Å². The molecule has 3 heteroatoms. The number of cyclic esters (lactones) is 1. The molecule has 0 amide bonds. The fourth-order valence-corrected chi connectivity index (χ4v) is 1.74. The minimum atomic E-state index is -0.103. The van der Waals surface area contributed by atoms with Gasteiger partial charge in [-0.2, -0.15) is 0 Å². The van der Waals surface area contributed by atoms with Crippen LogP contribution in [0.1, 0.15) is 20.3 Å². The maximum absolute atomic E-state index is 11.0. The van der Waals surface area contributed by atoms with Crippen LogP contribution in [0.25, 0.3) is 0 Å². The van der Waals surface area contributed by atoms with Crippen molar-refractivity contribution in [2.24, 2.45) is 11.8 Å². The average Bonchev–Trinajstić information content (AvgIpc) is 1.97. The van der Waals surface area contributed by atoms with E-state index in [4.69, 9.17) is 16.3 Å². The third-order valence-corrected chi connectivity index (χ3v) is 2.49. The summed E-state index contributed by atoms with van der Waals surface area (Å²) >= 11 is 5.61. The first-order valence-electron chi connectivity index (χ1n) is 3.91. The van der Waals surface area contributed by atoms with Crippen molar-refractivity contribution in [3.8, 4) is 0 Å². The van der Waals surface area contributed by atoms with Crippen molar-refractivity contribution in [3.63, 3.8) is 0 Å². The molecular weight excluding hydrogens is 164 g/mol. The molecule has 2 nitrogen and oxygen atoms in total. The molecule has 1 aliphatic heterocycles. The van der Waals surface area contributed by atoms with E-state index in [0.717, 1.165) is 6.42 Å².